The van der Waals surface area contributed by atoms with Crippen LogP contribution in [0.3, 0.4) is 0 Å². The fourth-order valence-electron chi connectivity index (χ4n) is 4.56. The van der Waals surface area contributed by atoms with Crippen LogP contribution in [0.15, 0.2) is 35.4 Å². The second-order valence-corrected chi connectivity index (χ2v) is 9.51. The van der Waals surface area contributed by atoms with Crippen LogP contribution >= 0.6 is 11.8 Å². The molecule has 2 amide bonds. The molecule has 8 heteroatoms. The monoisotopic (exact) mass is 450 g/mol. The maximum Gasteiger partial charge on any atom is 0.290 e. The van der Waals surface area contributed by atoms with Gasteiger partial charge in [-0.3, -0.25) is 14.9 Å². The molecular formula is C24H26N4O3S. The first-order valence-corrected chi connectivity index (χ1v) is 12.0. The molecule has 3 aliphatic heterocycles. The Hall–Kier alpha value is -2.87. The molecule has 5 rings (SSSR count). The van der Waals surface area contributed by atoms with Crippen LogP contribution in [0.1, 0.15) is 42.5 Å². The molecule has 2 aromatic rings. The number of aromatic nitrogens is 2. The Morgan fingerprint density at radius 3 is 2.91 bits per heavy atom. The Kier molecular flexibility index (Phi) is 6.12. The number of carbonyl (C=O) groups is 2. The van der Waals surface area contributed by atoms with Crippen LogP contribution in [0.25, 0.3) is 6.08 Å². The summed E-state index contributed by atoms with van der Waals surface area (Å²) in [7, 11) is 0. The van der Waals surface area contributed by atoms with Gasteiger partial charge in [0.15, 0.2) is 0 Å². The van der Waals surface area contributed by atoms with E-state index in [0.29, 0.717) is 16.5 Å². The lowest BCUT2D eigenvalue weighted by Gasteiger charge is -2.32. The molecule has 0 saturated carbocycles. The highest BCUT2D eigenvalue weighted by Gasteiger charge is 2.25. The van der Waals surface area contributed by atoms with Gasteiger partial charge in [0.1, 0.15) is 5.75 Å². The predicted molar refractivity (Wildman–Crippen MR) is 125 cm³/mol. The van der Waals surface area contributed by atoms with Crippen molar-refractivity contribution in [3.8, 4) is 5.75 Å². The van der Waals surface area contributed by atoms with Crippen molar-refractivity contribution < 1.29 is 14.3 Å². The summed E-state index contributed by atoms with van der Waals surface area (Å²) < 4.78 is 5.60. The van der Waals surface area contributed by atoms with E-state index in [4.69, 9.17) is 4.74 Å². The molecule has 1 N–H and O–H groups in total. The molecule has 0 spiro atoms. The van der Waals surface area contributed by atoms with Gasteiger partial charge in [-0.25, -0.2) is 9.97 Å². The first-order valence-electron chi connectivity index (χ1n) is 11.2. The molecule has 32 heavy (non-hydrogen) atoms. The lowest BCUT2D eigenvalue weighted by atomic mass is 9.90. The van der Waals surface area contributed by atoms with E-state index in [-0.39, 0.29) is 11.1 Å². The SMILES string of the molecule is O=C1NC(=O)/C(=C/c2ccnc(N3CCC(CCCc4ccc5c(c4)CCO5)CC3)n2)S1. The Bertz CT molecular complexity index is 1060. The van der Waals surface area contributed by atoms with Crippen molar-refractivity contribution in [2.75, 3.05) is 24.6 Å². The maximum atomic E-state index is 11.8. The summed E-state index contributed by atoms with van der Waals surface area (Å²) in [5, 5.41) is 1.92. The summed E-state index contributed by atoms with van der Waals surface area (Å²) in [4.78, 5) is 34.7. The fraction of sp³-hybridized carbons (Fsp3) is 0.417. The molecule has 0 atom stereocenters. The summed E-state index contributed by atoms with van der Waals surface area (Å²) in [5.41, 5.74) is 3.42. The van der Waals surface area contributed by atoms with Crippen molar-refractivity contribution in [1.29, 1.82) is 0 Å². The molecule has 0 radical (unpaired) electrons. The van der Waals surface area contributed by atoms with Gasteiger partial charge in [0.05, 0.1) is 17.2 Å². The highest BCUT2D eigenvalue weighted by Crippen LogP contribution is 2.29. The van der Waals surface area contributed by atoms with Crippen LogP contribution in [0.5, 0.6) is 5.75 Å². The molecule has 166 valence electrons. The van der Waals surface area contributed by atoms with Gasteiger partial charge in [0, 0.05) is 25.7 Å². The molecule has 7 nitrogen and oxygen atoms in total. The van der Waals surface area contributed by atoms with Gasteiger partial charge in [0.2, 0.25) is 5.95 Å². The second-order valence-electron chi connectivity index (χ2n) is 8.50. The van der Waals surface area contributed by atoms with E-state index in [0.717, 1.165) is 68.8 Å². The predicted octanol–water partition coefficient (Wildman–Crippen LogP) is 3.97. The zero-order valence-corrected chi connectivity index (χ0v) is 18.7. The Labute approximate surface area is 191 Å². The number of hydrogen-bond acceptors (Lipinski definition) is 7. The average molecular weight is 451 g/mol. The molecule has 2 fully saturated rings. The number of hydrogen-bond donors (Lipinski definition) is 1. The van der Waals surface area contributed by atoms with Gasteiger partial charge in [-0.15, -0.1) is 0 Å². The third-order valence-corrected chi connectivity index (χ3v) is 7.13. The van der Waals surface area contributed by atoms with Gasteiger partial charge in [0.25, 0.3) is 11.1 Å². The van der Waals surface area contributed by atoms with E-state index >= 15 is 0 Å². The van der Waals surface area contributed by atoms with Crippen LogP contribution in [0, 0.1) is 5.92 Å². The molecular weight excluding hydrogens is 424 g/mol. The fourth-order valence-corrected chi connectivity index (χ4v) is 5.23. The van der Waals surface area contributed by atoms with Crippen molar-refractivity contribution in [2.45, 2.75) is 38.5 Å². The third kappa shape index (κ3) is 4.80. The lowest BCUT2D eigenvalue weighted by Crippen LogP contribution is -2.35. The van der Waals surface area contributed by atoms with Crippen molar-refractivity contribution in [1.82, 2.24) is 15.3 Å². The quantitative estimate of drug-likeness (QED) is 0.667. The third-order valence-electron chi connectivity index (χ3n) is 6.31. The Morgan fingerprint density at radius 1 is 1.22 bits per heavy atom. The number of ether oxygens (including phenoxy) is 1. The summed E-state index contributed by atoms with van der Waals surface area (Å²) in [6.07, 6.45) is 10.2. The number of nitrogens with zero attached hydrogens (tertiary/aromatic N) is 3. The number of imide groups is 1. The van der Waals surface area contributed by atoms with Gasteiger partial charge < -0.3 is 9.64 Å². The normalized spacial score (nSPS) is 19.9. The van der Waals surface area contributed by atoms with E-state index in [1.165, 1.54) is 24.0 Å². The summed E-state index contributed by atoms with van der Waals surface area (Å²) in [5.74, 6) is 2.11. The first-order chi connectivity index (χ1) is 15.6. The minimum absolute atomic E-state index is 0.345. The number of fused-ring (bicyclic) bond motifs is 1. The zero-order chi connectivity index (χ0) is 21.9. The highest BCUT2D eigenvalue weighted by atomic mass is 32.2. The number of thioether (sulfide) groups is 1. The van der Waals surface area contributed by atoms with Gasteiger partial charge in [-0.1, -0.05) is 12.1 Å². The molecule has 4 heterocycles. The van der Waals surface area contributed by atoms with Crippen LogP contribution in [0.2, 0.25) is 0 Å². The van der Waals surface area contributed by atoms with E-state index in [9.17, 15) is 9.59 Å². The number of aryl methyl sites for hydroxylation is 1. The minimum atomic E-state index is -0.366. The number of rotatable bonds is 6. The molecule has 2 saturated heterocycles. The van der Waals surface area contributed by atoms with Crippen LogP contribution in [0.4, 0.5) is 10.7 Å². The number of anilines is 1. The van der Waals surface area contributed by atoms with Crippen LogP contribution < -0.4 is 15.0 Å². The summed E-state index contributed by atoms with van der Waals surface area (Å²) >= 11 is 0.903. The van der Waals surface area contributed by atoms with Crippen LogP contribution in [-0.4, -0.2) is 40.8 Å². The lowest BCUT2D eigenvalue weighted by molar-refractivity contribution is -0.115. The molecule has 0 unspecified atom stereocenters. The van der Waals surface area contributed by atoms with Crippen LogP contribution in [-0.2, 0) is 17.6 Å². The number of amides is 2. The number of benzene rings is 1. The van der Waals surface area contributed by atoms with Crippen molar-refractivity contribution in [2.24, 2.45) is 5.92 Å². The molecule has 0 bridgehead atoms. The number of piperidine rings is 1. The topological polar surface area (TPSA) is 84.4 Å². The molecule has 0 aliphatic carbocycles. The van der Waals surface area contributed by atoms with Crippen molar-refractivity contribution >= 4 is 34.9 Å². The van der Waals surface area contributed by atoms with Gasteiger partial charge in [-0.2, -0.15) is 0 Å². The van der Waals surface area contributed by atoms with E-state index in [1.807, 2.05) is 0 Å². The standard InChI is InChI=1S/C24H26N4O3S/c29-22-21(32-24(30)27-22)15-19-6-10-25-23(26-19)28-11-7-16(8-12-28)2-1-3-17-4-5-20-18(14-17)9-13-31-20/h4-6,10,14-16H,1-3,7-9,11-13H2,(H,27,29,30)/b21-15-. The van der Waals surface area contributed by atoms with Gasteiger partial charge in [-0.05, 0) is 79.1 Å². The van der Waals surface area contributed by atoms with Crippen molar-refractivity contribution in [3.05, 3.63) is 52.2 Å². The molecule has 3 aliphatic rings. The summed E-state index contributed by atoms with van der Waals surface area (Å²) in [6.45, 7) is 2.69. The smallest absolute Gasteiger partial charge is 0.290 e. The average Bonchev–Trinajstić information content (AvgIpc) is 3.39. The molecule has 1 aromatic heterocycles. The minimum Gasteiger partial charge on any atom is -0.493 e. The van der Waals surface area contributed by atoms with E-state index in [2.05, 4.69) is 38.4 Å². The Balaban J connectivity index is 1.11. The Morgan fingerprint density at radius 2 is 2.09 bits per heavy atom. The second kappa shape index (κ2) is 9.32. The zero-order valence-electron chi connectivity index (χ0n) is 17.9. The first kappa shape index (κ1) is 21.0. The number of nitrogens with one attached hydrogen (secondary N) is 1. The van der Waals surface area contributed by atoms with Gasteiger partial charge >= 0.3 is 0 Å². The molecule has 1 aromatic carbocycles. The summed E-state index contributed by atoms with van der Waals surface area (Å²) in [6, 6.07) is 8.39. The highest BCUT2D eigenvalue weighted by molar-refractivity contribution is 8.18. The van der Waals surface area contributed by atoms with E-state index < -0.39 is 0 Å². The maximum absolute atomic E-state index is 11.8. The van der Waals surface area contributed by atoms with E-state index in [1.54, 1.807) is 18.3 Å². The largest absolute Gasteiger partial charge is 0.493 e. The number of carbonyl (C=O) groups excluding carboxylic acids is 2. The van der Waals surface area contributed by atoms with Crippen molar-refractivity contribution in [3.63, 3.8) is 0 Å².